The summed E-state index contributed by atoms with van der Waals surface area (Å²) in [6.07, 6.45) is 2.97. The first-order valence-corrected chi connectivity index (χ1v) is 7.25. The van der Waals surface area contributed by atoms with Gasteiger partial charge in [-0.1, -0.05) is 24.6 Å². The van der Waals surface area contributed by atoms with E-state index in [0.29, 0.717) is 15.7 Å². The van der Waals surface area contributed by atoms with Crippen molar-refractivity contribution in [3.8, 4) is 11.5 Å². The lowest BCUT2D eigenvalue weighted by Gasteiger charge is -2.11. The molecule has 6 heteroatoms. The van der Waals surface area contributed by atoms with E-state index in [9.17, 15) is 9.90 Å². The smallest absolute Gasteiger partial charge is 0.340 e. The lowest BCUT2D eigenvalue weighted by molar-refractivity contribution is 0.0690. The third kappa shape index (κ3) is 3.43. The Hall–Kier alpha value is -1.72. The Bertz CT molecular complexity index is 634. The maximum Gasteiger partial charge on any atom is 0.340 e. The van der Waals surface area contributed by atoms with Gasteiger partial charge in [0.25, 0.3) is 0 Å². The fourth-order valence-electron chi connectivity index (χ4n) is 1.66. The molecule has 0 spiro atoms. The van der Waals surface area contributed by atoms with Crippen molar-refractivity contribution in [2.45, 2.75) is 11.8 Å². The van der Waals surface area contributed by atoms with E-state index in [2.05, 4.69) is 4.98 Å². The number of hydrogen-bond acceptors (Lipinski definition) is 4. The van der Waals surface area contributed by atoms with Crippen LogP contribution in [0.5, 0.6) is 11.5 Å². The van der Waals surface area contributed by atoms with Gasteiger partial charge in [-0.25, -0.2) is 4.79 Å². The van der Waals surface area contributed by atoms with E-state index in [1.807, 2.05) is 6.92 Å². The van der Waals surface area contributed by atoms with Crippen LogP contribution in [0.1, 0.15) is 17.3 Å². The second-order valence-corrected chi connectivity index (χ2v) is 5.55. The molecule has 0 unspecified atom stereocenters. The number of benzene rings is 1. The second-order valence-electron chi connectivity index (χ2n) is 3.81. The summed E-state index contributed by atoms with van der Waals surface area (Å²) in [5.74, 6) is 0.438. The van der Waals surface area contributed by atoms with Crippen LogP contribution in [0.25, 0.3) is 0 Å². The number of halogens is 1. The van der Waals surface area contributed by atoms with Crippen LogP contribution in [0.3, 0.4) is 0 Å². The minimum Gasteiger partial charge on any atom is -0.478 e. The zero-order valence-corrected chi connectivity index (χ0v) is 12.2. The molecule has 2 aromatic rings. The SMILES string of the molecule is CCSc1cccc(Oc2cncc(Cl)c2)c1C(=O)O. The van der Waals surface area contributed by atoms with Gasteiger partial charge < -0.3 is 9.84 Å². The van der Waals surface area contributed by atoms with Gasteiger partial charge in [0.2, 0.25) is 0 Å². The summed E-state index contributed by atoms with van der Waals surface area (Å²) in [6.45, 7) is 1.96. The fraction of sp³-hybridized carbons (Fsp3) is 0.143. The molecule has 0 atom stereocenters. The lowest BCUT2D eigenvalue weighted by Crippen LogP contribution is -2.02. The lowest BCUT2D eigenvalue weighted by atomic mass is 10.2. The zero-order valence-electron chi connectivity index (χ0n) is 10.7. The van der Waals surface area contributed by atoms with Crippen LogP contribution in [0.4, 0.5) is 0 Å². The Morgan fingerprint density at radius 3 is 2.90 bits per heavy atom. The Balaban J connectivity index is 2.40. The number of carboxylic acids is 1. The summed E-state index contributed by atoms with van der Waals surface area (Å²) in [5, 5.41) is 9.80. The van der Waals surface area contributed by atoms with Gasteiger partial charge in [-0.15, -0.1) is 11.8 Å². The molecular formula is C14H12ClNO3S. The molecule has 1 heterocycles. The zero-order chi connectivity index (χ0) is 14.5. The minimum absolute atomic E-state index is 0.152. The first-order chi connectivity index (χ1) is 9.61. The molecule has 0 radical (unpaired) electrons. The maximum absolute atomic E-state index is 11.4. The maximum atomic E-state index is 11.4. The van der Waals surface area contributed by atoms with Crippen molar-refractivity contribution in [2.75, 3.05) is 5.75 Å². The molecule has 0 aliphatic heterocycles. The molecule has 0 amide bonds. The number of ether oxygens (including phenoxy) is 1. The van der Waals surface area contributed by atoms with Crippen LogP contribution in [0, 0.1) is 0 Å². The van der Waals surface area contributed by atoms with E-state index in [0.717, 1.165) is 5.75 Å². The molecule has 4 nitrogen and oxygen atoms in total. The molecule has 20 heavy (non-hydrogen) atoms. The van der Waals surface area contributed by atoms with E-state index in [-0.39, 0.29) is 11.3 Å². The van der Waals surface area contributed by atoms with Crippen LogP contribution >= 0.6 is 23.4 Å². The number of aromatic nitrogens is 1. The van der Waals surface area contributed by atoms with Crippen LogP contribution in [0.15, 0.2) is 41.6 Å². The van der Waals surface area contributed by atoms with Gasteiger partial charge in [-0.3, -0.25) is 4.98 Å². The quantitative estimate of drug-likeness (QED) is 0.833. The first kappa shape index (κ1) is 14.7. The van der Waals surface area contributed by atoms with Crippen molar-refractivity contribution >= 4 is 29.3 Å². The summed E-state index contributed by atoms with van der Waals surface area (Å²) in [6, 6.07) is 6.72. The van der Waals surface area contributed by atoms with Crippen molar-refractivity contribution in [1.29, 1.82) is 0 Å². The number of carbonyl (C=O) groups is 1. The largest absolute Gasteiger partial charge is 0.478 e. The Morgan fingerprint density at radius 2 is 2.25 bits per heavy atom. The fourth-order valence-corrected chi connectivity index (χ4v) is 2.64. The third-order valence-corrected chi connectivity index (χ3v) is 3.56. The van der Waals surface area contributed by atoms with Crippen LogP contribution < -0.4 is 4.74 Å². The molecule has 1 aromatic carbocycles. The van der Waals surface area contributed by atoms with Crippen molar-refractivity contribution in [3.05, 3.63) is 47.2 Å². The highest BCUT2D eigenvalue weighted by Gasteiger charge is 2.17. The van der Waals surface area contributed by atoms with E-state index in [1.54, 1.807) is 24.3 Å². The van der Waals surface area contributed by atoms with Crippen LogP contribution in [0.2, 0.25) is 5.02 Å². The third-order valence-electron chi connectivity index (χ3n) is 2.41. The van der Waals surface area contributed by atoms with E-state index < -0.39 is 5.97 Å². The van der Waals surface area contributed by atoms with Crippen molar-refractivity contribution in [3.63, 3.8) is 0 Å². The van der Waals surface area contributed by atoms with E-state index in [4.69, 9.17) is 16.3 Å². The Morgan fingerprint density at radius 1 is 1.45 bits per heavy atom. The molecule has 2 rings (SSSR count). The van der Waals surface area contributed by atoms with Crippen molar-refractivity contribution < 1.29 is 14.6 Å². The number of rotatable bonds is 5. The van der Waals surface area contributed by atoms with Gasteiger partial charge in [-0.05, 0) is 17.9 Å². The molecule has 1 aromatic heterocycles. The molecule has 0 saturated carbocycles. The van der Waals surface area contributed by atoms with Gasteiger partial charge in [0, 0.05) is 17.2 Å². The molecule has 0 fully saturated rings. The average molecular weight is 310 g/mol. The first-order valence-electron chi connectivity index (χ1n) is 5.89. The topological polar surface area (TPSA) is 59.4 Å². The number of aromatic carboxylic acids is 1. The number of pyridine rings is 1. The highest BCUT2D eigenvalue weighted by atomic mass is 35.5. The minimum atomic E-state index is -1.02. The summed E-state index contributed by atoms with van der Waals surface area (Å²) < 4.78 is 5.60. The molecule has 1 N–H and O–H groups in total. The van der Waals surface area contributed by atoms with Gasteiger partial charge in [0.05, 0.1) is 11.2 Å². The number of carboxylic acid groups (broad SMARTS) is 1. The highest BCUT2D eigenvalue weighted by Crippen LogP contribution is 2.33. The highest BCUT2D eigenvalue weighted by molar-refractivity contribution is 7.99. The summed E-state index contributed by atoms with van der Waals surface area (Å²) >= 11 is 7.29. The van der Waals surface area contributed by atoms with Crippen molar-refractivity contribution in [1.82, 2.24) is 4.98 Å². The molecular weight excluding hydrogens is 298 g/mol. The molecule has 0 aliphatic rings. The van der Waals surface area contributed by atoms with Gasteiger partial charge in [0.15, 0.2) is 0 Å². The van der Waals surface area contributed by atoms with Gasteiger partial charge in [-0.2, -0.15) is 0 Å². The van der Waals surface area contributed by atoms with Gasteiger partial charge >= 0.3 is 5.97 Å². The molecule has 104 valence electrons. The summed E-state index contributed by atoms with van der Waals surface area (Å²) in [4.78, 5) is 16.0. The standard InChI is InChI=1S/C14H12ClNO3S/c1-2-20-12-5-3-4-11(13(12)14(17)18)19-10-6-9(15)7-16-8-10/h3-8H,2H2,1H3,(H,17,18). The predicted molar refractivity (Wildman–Crippen MR) is 79.1 cm³/mol. The summed E-state index contributed by atoms with van der Waals surface area (Å²) in [5.41, 5.74) is 0.152. The molecule has 0 saturated heterocycles. The number of hydrogen-bond donors (Lipinski definition) is 1. The number of nitrogens with zero attached hydrogens (tertiary/aromatic N) is 1. The number of thioether (sulfide) groups is 1. The van der Waals surface area contributed by atoms with E-state index >= 15 is 0 Å². The van der Waals surface area contributed by atoms with E-state index in [1.165, 1.54) is 24.2 Å². The Labute approximate surface area is 125 Å². The molecule has 0 bridgehead atoms. The van der Waals surface area contributed by atoms with Crippen LogP contribution in [-0.4, -0.2) is 21.8 Å². The van der Waals surface area contributed by atoms with Crippen molar-refractivity contribution in [2.24, 2.45) is 0 Å². The predicted octanol–water partition coefficient (Wildman–Crippen LogP) is 4.34. The molecule has 0 aliphatic carbocycles. The average Bonchev–Trinajstić information content (AvgIpc) is 2.39. The second kappa shape index (κ2) is 6.63. The summed E-state index contributed by atoms with van der Waals surface area (Å²) in [7, 11) is 0. The van der Waals surface area contributed by atoms with Crippen LogP contribution in [-0.2, 0) is 0 Å². The monoisotopic (exact) mass is 309 g/mol. The van der Waals surface area contributed by atoms with Gasteiger partial charge in [0.1, 0.15) is 17.1 Å². The Kier molecular flexibility index (Phi) is 4.87. The normalized spacial score (nSPS) is 10.3.